The number of amides is 1. The maximum absolute atomic E-state index is 12.6. The smallest absolute Gasteiger partial charge is 0.355 e. The summed E-state index contributed by atoms with van der Waals surface area (Å²) >= 11 is 1.53. The molecule has 2 atom stereocenters. The third-order valence-electron chi connectivity index (χ3n) is 4.13. The number of nitrogens with two attached hydrogens (primary N) is 1. The molecule has 0 radical (unpaired) electrons. The molecule has 0 saturated carbocycles. The second-order valence-corrected chi connectivity index (χ2v) is 6.85. The minimum absolute atomic E-state index is 0.110. The van der Waals surface area contributed by atoms with Crippen molar-refractivity contribution in [1.29, 1.82) is 0 Å². The Morgan fingerprint density at radius 3 is 2.64 bits per heavy atom. The number of esters is 1. The average molecular weight is 364 g/mol. The molecule has 2 heterocycles. The van der Waals surface area contributed by atoms with Gasteiger partial charge in [0.15, 0.2) is 0 Å². The lowest BCUT2D eigenvalue weighted by atomic mass is 10.0. The van der Waals surface area contributed by atoms with E-state index in [1.165, 1.54) is 16.7 Å². The second kappa shape index (κ2) is 7.47. The SMILES string of the molecule is COCC1=C(C(=O)OCc2ccc(OC)cc2)N2C(=O)C(N)[C@H]2SC1. The van der Waals surface area contributed by atoms with Crippen molar-refractivity contribution >= 4 is 23.6 Å². The molecule has 1 aromatic rings. The molecular formula is C17H20N2O5S. The van der Waals surface area contributed by atoms with Crippen LogP contribution < -0.4 is 10.5 Å². The molecule has 1 fully saturated rings. The molecule has 134 valence electrons. The van der Waals surface area contributed by atoms with Crippen LogP contribution in [0.15, 0.2) is 35.5 Å². The number of benzene rings is 1. The van der Waals surface area contributed by atoms with Crippen molar-refractivity contribution in [2.24, 2.45) is 5.73 Å². The predicted octanol–water partition coefficient (Wildman–Crippen LogP) is 0.881. The molecule has 2 aliphatic rings. The normalized spacial score (nSPS) is 22.4. The van der Waals surface area contributed by atoms with Crippen molar-refractivity contribution < 1.29 is 23.8 Å². The lowest BCUT2D eigenvalue weighted by molar-refractivity contribution is -0.151. The molecule has 2 aliphatic heterocycles. The van der Waals surface area contributed by atoms with Crippen LogP contribution in [0.5, 0.6) is 5.75 Å². The fourth-order valence-corrected chi connectivity index (χ4v) is 4.07. The Morgan fingerprint density at radius 2 is 2.00 bits per heavy atom. The number of nitrogens with zero attached hydrogens (tertiary/aromatic N) is 1. The molecule has 1 aromatic carbocycles. The third kappa shape index (κ3) is 3.37. The number of ether oxygens (including phenoxy) is 3. The maximum atomic E-state index is 12.6. The molecule has 3 rings (SSSR count). The summed E-state index contributed by atoms with van der Waals surface area (Å²) in [5.41, 5.74) is 7.66. The van der Waals surface area contributed by atoms with Crippen LogP contribution in [0.4, 0.5) is 0 Å². The van der Waals surface area contributed by atoms with Gasteiger partial charge in [-0.1, -0.05) is 12.1 Å². The third-order valence-corrected chi connectivity index (χ3v) is 5.49. The number of carbonyl (C=O) groups excluding carboxylic acids is 2. The zero-order valence-electron chi connectivity index (χ0n) is 14.1. The van der Waals surface area contributed by atoms with Crippen molar-refractivity contribution in [2.75, 3.05) is 26.6 Å². The minimum atomic E-state index is -0.571. The van der Waals surface area contributed by atoms with E-state index in [1.54, 1.807) is 26.4 Å². The first kappa shape index (κ1) is 17.8. The summed E-state index contributed by atoms with van der Waals surface area (Å²) in [6.45, 7) is 0.379. The number of β-lactam (4-membered cyclic amide) rings is 1. The van der Waals surface area contributed by atoms with Gasteiger partial charge in [-0.05, 0) is 23.3 Å². The summed E-state index contributed by atoms with van der Waals surface area (Å²) in [7, 11) is 3.14. The number of carbonyl (C=O) groups is 2. The Hall–Kier alpha value is -2.03. The van der Waals surface area contributed by atoms with E-state index in [9.17, 15) is 9.59 Å². The first-order valence-corrected chi connectivity index (χ1v) is 8.83. The molecule has 25 heavy (non-hydrogen) atoms. The molecule has 0 bridgehead atoms. The Morgan fingerprint density at radius 1 is 1.28 bits per heavy atom. The van der Waals surface area contributed by atoms with Crippen molar-refractivity contribution in [3.63, 3.8) is 0 Å². The largest absolute Gasteiger partial charge is 0.497 e. The van der Waals surface area contributed by atoms with Gasteiger partial charge in [-0.3, -0.25) is 9.69 Å². The summed E-state index contributed by atoms with van der Waals surface area (Å²) in [6, 6.07) is 6.66. The highest BCUT2D eigenvalue weighted by atomic mass is 32.2. The molecule has 1 saturated heterocycles. The molecule has 0 aromatic heterocycles. The van der Waals surface area contributed by atoms with E-state index in [0.29, 0.717) is 5.75 Å². The number of fused-ring (bicyclic) bond motifs is 1. The van der Waals surface area contributed by atoms with Gasteiger partial charge in [-0.25, -0.2) is 4.79 Å². The van der Waals surface area contributed by atoms with Crippen molar-refractivity contribution in [3.05, 3.63) is 41.1 Å². The summed E-state index contributed by atoms with van der Waals surface area (Å²) in [4.78, 5) is 26.1. The quantitative estimate of drug-likeness (QED) is 0.592. The second-order valence-electron chi connectivity index (χ2n) is 5.74. The number of rotatable bonds is 6. The maximum Gasteiger partial charge on any atom is 0.355 e. The Kier molecular flexibility index (Phi) is 5.31. The van der Waals surface area contributed by atoms with E-state index in [2.05, 4.69) is 0 Å². The summed E-state index contributed by atoms with van der Waals surface area (Å²) in [5, 5.41) is -0.211. The molecule has 2 N–H and O–H groups in total. The van der Waals surface area contributed by atoms with Crippen LogP contribution in [-0.2, 0) is 25.7 Å². The van der Waals surface area contributed by atoms with Crippen LogP contribution in [0.3, 0.4) is 0 Å². The van der Waals surface area contributed by atoms with Gasteiger partial charge in [0.1, 0.15) is 29.5 Å². The zero-order chi connectivity index (χ0) is 18.0. The fraction of sp³-hybridized carbons (Fsp3) is 0.412. The topological polar surface area (TPSA) is 91.1 Å². The van der Waals surface area contributed by atoms with Crippen molar-refractivity contribution in [3.8, 4) is 5.75 Å². The van der Waals surface area contributed by atoms with Gasteiger partial charge in [-0.15, -0.1) is 11.8 Å². The van der Waals surface area contributed by atoms with Crippen LogP contribution in [-0.4, -0.2) is 54.8 Å². The lowest BCUT2D eigenvalue weighted by Gasteiger charge is -2.48. The molecule has 0 spiro atoms. The number of hydrogen-bond donors (Lipinski definition) is 1. The van der Waals surface area contributed by atoms with Crippen molar-refractivity contribution in [1.82, 2.24) is 4.90 Å². The van der Waals surface area contributed by atoms with Gasteiger partial charge < -0.3 is 19.9 Å². The summed E-state index contributed by atoms with van der Waals surface area (Å²) < 4.78 is 15.7. The summed E-state index contributed by atoms with van der Waals surface area (Å²) in [5.74, 6) is 0.520. The number of hydrogen-bond acceptors (Lipinski definition) is 7. The molecule has 7 nitrogen and oxygen atoms in total. The Balaban J connectivity index is 1.74. The van der Waals surface area contributed by atoms with Crippen LogP contribution in [0.25, 0.3) is 0 Å². The first-order valence-electron chi connectivity index (χ1n) is 7.78. The highest BCUT2D eigenvalue weighted by Gasteiger charge is 2.52. The van der Waals surface area contributed by atoms with Gasteiger partial charge >= 0.3 is 5.97 Å². The lowest BCUT2D eigenvalue weighted by Crippen LogP contribution is -2.68. The van der Waals surface area contributed by atoms with E-state index >= 15 is 0 Å². The Labute approximate surface area is 150 Å². The highest BCUT2D eigenvalue weighted by Crippen LogP contribution is 2.39. The van der Waals surface area contributed by atoms with Crippen LogP contribution in [0.1, 0.15) is 5.56 Å². The molecule has 0 aliphatic carbocycles. The van der Waals surface area contributed by atoms with Gasteiger partial charge in [0.2, 0.25) is 5.91 Å². The van der Waals surface area contributed by atoms with E-state index in [-0.39, 0.29) is 30.2 Å². The van der Waals surface area contributed by atoms with Gasteiger partial charge in [0.25, 0.3) is 0 Å². The molecule has 1 unspecified atom stereocenters. The number of methoxy groups -OCH3 is 2. The standard InChI is InChI=1S/C17H20N2O5S/c1-22-8-11-9-25-16-13(18)15(20)19(16)14(11)17(21)24-7-10-3-5-12(23-2)6-4-10/h3-6,13,16H,7-9,18H2,1-2H3/t13?,16-/m1/s1. The van der Waals surface area contributed by atoms with E-state index in [1.807, 2.05) is 12.1 Å². The monoisotopic (exact) mass is 364 g/mol. The van der Waals surface area contributed by atoms with Crippen LogP contribution >= 0.6 is 11.8 Å². The molecule has 8 heteroatoms. The van der Waals surface area contributed by atoms with Gasteiger partial charge in [0, 0.05) is 12.9 Å². The predicted molar refractivity (Wildman–Crippen MR) is 92.8 cm³/mol. The van der Waals surface area contributed by atoms with E-state index < -0.39 is 12.0 Å². The minimum Gasteiger partial charge on any atom is -0.497 e. The highest BCUT2D eigenvalue weighted by molar-refractivity contribution is 8.00. The fourth-order valence-electron chi connectivity index (χ4n) is 2.79. The molecule has 1 amide bonds. The van der Waals surface area contributed by atoms with E-state index in [4.69, 9.17) is 19.9 Å². The average Bonchev–Trinajstić information content (AvgIpc) is 2.65. The number of thioether (sulfide) groups is 1. The zero-order valence-corrected chi connectivity index (χ0v) is 14.9. The molecular weight excluding hydrogens is 344 g/mol. The van der Waals surface area contributed by atoms with E-state index in [0.717, 1.165) is 16.9 Å². The first-order chi connectivity index (χ1) is 12.1. The summed E-state index contributed by atoms with van der Waals surface area (Å²) in [6.07, 6.45) is 0. The van der Waals surface area contributed by atoms with Gasteiger partial charge in [-0.2, -0.15) is 0 Å². The Bertz CT molecular complexity index is 703. The van der Waals surface area contributed by atoms with Crippen LogP contribution in [0.2, 0.25) is 0 Å². The van der Waals surface area contributed by atoms with Crippen molar-refractivity contribution in [2.45, 2.75) is 18.0 Å². The van der Waals surface area contributed by atoms with Gasteiger partial charge in [0.05, 0.1) is 13.7 Å². The van der Waals surface area contributed by atoms with Crippen LogP contribution in [0, 0.1) is 0 Å².